The van der Waals surface area contributed by atoms with E-state index >= 15 is 0 Å². The van der Waals surface area contributed by atoms with Gasteiger partial charge in [-0.1, -0.05) is 0 Å². The van der Waals surface area contributed by atoms with Crippen molar-refractivity contribution in [2.45, 2.75) is 37.0 Å². The number of aryl methyl sites for hydroxylation is 1. The lowest BCUT2D eigenvalue weighted by atomic mass is 10.1. The molecule has 20 heavy (non-hydrogen) atoms. The van der Waals surface area contributed by atoms with Gasteiger partial charge >= 0.3 is 5.97 Å². The highest BCUT2D eigenvalue weighted by Gasteiger charge is 2.28. The van der Waals surface area contributed by atoms with E-state index in [1.54, 1.807) is 6.07 Å². The van der Waals surface area contributed by atoms with E-state index in [1.165, 1.54) is 6.07 Å². The molecule has 6 heteroatoms. The first-order valence-corrected chi connectivity index (χ1v) is 8.34. The highest BCUT2D eigenvalue weighted by atomic mass is 32.2. The zero-order valence-corrected chi connectivity index (χ0v) is 11.9. The van der Waals surface area contributed by atoms with Gasteiger partial charge in [0.05, 0.1) is 10.5 Å². The van der Waals surface area contributed by atoms with Crippen molar-refractivity contribution in [3.63, 3.8) is 0 Å². The lowest BCUT2D eigenvalue weighted by Gasteiger charge is -2.12. The van der Waals surface area contributed by atoms with Gasteiger partial charge in [-0.25, -0.2) is 17.9 Å². The van der Waals surface area contributed by atoms with E-state index in [0.717, 1.165) is 36.8 Å². The summed E-state index contributed by atoms with van der Waals surface area (Å²) in [4.78, 5) is 11.3. The van der Waals surface area contributed by atoms with Crippen LogP contribution in [0.5, 0.6) is 0 Å². The normalized spacial score (nSPS) is 18.0. The molecule has 0 heterocycles. The van der Waals surface area contributed by atoms with E-state index in [1.807, 2.05) is 0 Å². The Hall–Kier alpha value is -1.40. The SMILES string of the molecule is O=C(O)c1cc2c(c(S(=O)(=O)NCC3CC3)c1)CCC2. The maximum Gasteiger partial charge on any atom is 0.335 e. The number of carboxylic acid groups (broad SMARTS) is 1. The van der Waals surface area contributed by atoms with Gasteiger partial charge in [0.2, 0.25) is 10.0 Å². The molecule has 1 saturated carbocycles. The van der Waals surface area contributed by atoms with E-state index in [4.69, 9.17) is 5.11 Å². The number of benzene rings is 1. The number of aromatic carboxylic acids is 1. The predicted molar refractivity (Wildman–Crippen MR) is 73.3 cm³/mol. The Morgan fingerprint density at radius 1 is 1.30 bits per heavy atom. The molecule has 0 unspecified atom stereocenters. The Kier molecular flexibility index (Phi) is 3.30. The van der Waals surface area contributed by atoms with Crippen LogP contribution in [0.25, 0.3) is 0 Å². The van der Waals surface area contributed by atoms with Crippen molar-refractivity contribution in [2.24, 2.45) is 5.92 Å². The molecule has 108 valence electrons. The zero-order valence-electron chi connectivity index (χ0n) is 11.1. The second-order valence-electron chi connectivity index (χ2n) is 5.57. The minimum atomic E-state index is -3.61. The monoisotopic (exact) mass is 295 g/mol. The van der Waals surface area contributed by atoms with Crippen LogP contribution in [0.1, 0.15) is 40.7 Å². The number of sulfonamides is 1. The summed E-state index contributed by atoms with van der Waals surface area (Å²) in [5.41, 5.74) is 1.70. The second kappa shape index (κ2) is 4.86. The van der Waals surface area contributed by atoms with Crippen LogP contribution in [-0.4, -0.2) is 26.0 Å². The molecule has 0 atom stereocenters. The largest absolute Gasteiger partial charge is 0.478 e. The minimum absolute atomic E-state index is 0.0532. The van der Waals surface area contributed by atoms with Crippen molar-refractivity contribution < 1.29 is 18.3 Å². The quantitative estimate of drug-likeness (QED) is 0.863. The Labute approximate surface area is 118 Å². The summed E-state index contributed by atoms with van der Waals surface area (Å²) < 4.78 is 27.4. The van der Waals surface area contributed by atoms with Crippen LogP contribution < -0.4 is 4.72 Å². The molecule has 2 aliphatic carbocycles. The van der Waals surface area contributed by atoms with Crippen LogP contribution in [0.2, 0.25) is 0 Å². The van der Waals surface area contributed by atoms with Gasteiger partial charge in [0.15, 0.2) is 0 Å². The summed E-state index contributed by atoms with van der Waals surface area (Å²) in [5.74, 6) is -0.640. The topological polar surface area (TPSA) is 83.5 Å². The molecule has 1 fully saturated rings. The molecule has 0 saturated heterocycles. The summed E-state index contributed by atoms with van der Waals surface area (Å²) in [6.45, 7) is 0.453. The number of fused-ring (bicyclic) bond motifs is 1. The van der Waals surface area contributed by atoms with Crippen LogP contribution in [0, 0.1) is 5.92 Å². The minimum Gasteiger partial charge on any atom is -0.478 e. The van der Waals surface area contributed by atoms with Gasteiger partial charge in [0.25, 0.3) is 0 Å². The summed E-state index contributed by atoms with van der Waals surface area (Å²) >= 11 is 0. The Morgan fingerprint density at radius 2 is 2.05 bits per heavy atom. The highest BCUT2D eigenvalue weighted by Crippen LogP contribution is 2.31. The molecule has 1 aromatic carbocycles. The van der Waals surface area contributed by atoms with Crippen LogP contribution in [0.3, 0.4) is 0 Å². The summed E-state index contributed by atoms with van der Waals surface area (Å²) in [5, 5.41) is 9.12. The van der Waals surface area contributed by atoms with E-state index in [-0.39, 0.29) is 10.5 Å². The van der Waals surface area contributed by atoms with Gasteiger partial charge in [-0.3, -0.25) is 0 Å². The highest BCUT2D eigenvalue weighted by molar-refractivity contribution is 7.89. The maximum absolute atomic E-state index is 12.4. The van der Waals surface area contributed by atoms with Gasteiger partial charge < -0.3 is 5.11 Å². The van der Waals surface area contributed by atoms with Crippen LogP contribution in [0.4, 0.5) is 0 Å². The molecule has 5 nitrogen and oxygen atoms in total. The first-order valence-electron chi connectivity index (χ1n) is 6.86. The number of hydrogen-bond acceptors (Lipinski definition) is 3. The van der Waals surface area contributed by atoms with Crippen molar-refractivity contribution in [2.75, 3.05) is 6.54 Å². The molecule has 1 aromatic rings. The summed E-state index contributed by atoms with van der Waals surface area (Å²) in [6, 6.07) is 2.90. The zero-order chi connectivity index (χ0) is 14.3. The van der Waals surface area contributed by atoms with E-state index < -0.39 is 16.0 Å². The first kappa shape index (κ1) is 13.6. The number of carboxylic acids is 1. The Morgan fingerprint density at radius 3 is 2.70 bits per heavy atom. The fourth-order valence-corrected chi connectivity index (χ4v) is 4.11. The van der Waals surface area contributed by atoms with Crippen LogP contribution in [0.15, 0.2) is 17.0 Å². The van der Waals surface area contributed by atoms with E-state index in [2.05, 4.69) is 4.72 Å². The smallest absolute Gasteiger partial charge is 0.335 e. The maximum atomic E-state index is 12.4. The van der Waals surface area contributed by atoms with Crippen molar-refractivity contribution in [3.05, 3.63) is 28.8 Å². The third kappa shape index (κ3) is 2.58. The van der Waals surface area contributed by atoms with Crippen molar-refractivity contribution >= 4 is 16.0 Å². The molecule has 3 rings (SSSR count). The third-order valence-electron chi connectivity index (χ3n) is 3.97. The van der Waals surface area contributed by atoms with Crippen molar-refractivity contribution in [3.8, 4) is 0 Å². The lowest BCUT2D eigenvalue weighted by Crippen LogP contribution is -2.27. The molecule has 0 amide bonds. The molecule has 2 aliphatic rings. The third-order valence-corrected chi connectivity index (χ3v) is 5.46. The first-order chi connectivity index (χ1) is 9.47. The Balaban J connectivity index is 2.00. The van der Waals surface area contributed by atoms with Gasteiger partial charge in [-0.05, 0) is 61.3 Å². The molecular formula is C14H17NO4S. The van der Waals surface area contributed by atoms with E-state index in [0.29, 0.717) is 18.9 Å². The number of carbonyl (C=O) groups is 1. The second-order valence-corrected chi connectivity index (χ2v) is 7.30. The molecule has 0 aliphatic heterocycles. The average molecular weight is 295 g/mol. The molecule has 2 N–H and O–H groups in total. The molecule has 0 aromatic heterocycles. The molecule has 0 radical (unpaired) electrons. The number of nitrogens with one attached hydrogen (secondary N) is 1. The molecular weight excluding hydrogens is 278 g/mol. The van der Waals surface area contributed by atoms with Crippen molar-refractivity contribution in [1.29, 1.82) is 0 Å². The van der Waals surface area contributed by atoms with Crippen LogP contribution >= 0.6 is 0 Å². The Bertz CT molecular complexity index is 662. The number of rotatable bonds is 5. The van der Waals surface area contributed by atoms with Gasteiger partial charge in [0, 0.05) is 6.54 Å². The lowest BCUT2D eigenvalue weighted by molar-refractivity contribution is 0.0696. The predicted octanol–water partition coefficient (Wildman–Crippen LogP) is 1.56. The van der Waals surface area contributed by atoms with Crippen LogP contribution in [-0.2, 0) is 22.9 Å². The van der Waals surface area contributed by atoms with Gasteiger partial charge in [-0.15, -0.1) is 0 Å². The fourth-order valence-electron chi connectivity index (χ4n) is 2.66. The summed E-state index contributed by atoms with van der Waals surface area (Å²) in [6.07, 6.45) is 4.46. The number of hydrogen-bond donors (Lipinski definition) is 2. The van der Waals surface area contributed by atoms with Gasteiger partial charge in [-0.2, -0.15) is 0 Å². The summed E-state index contributed by atoms with van der Waals surface area (Å²) in [7, 11) is -3.61. The van der Waals surface area contributed by atoms with E-state index in [9.17, 15) is 13.2 Å². The van der Waals surface area contributed by atoms with Gasteiger partial charge in [0.1, 0.15) is 0 Å². The molecule has 0 bridgehead atoms. The molecule has 0 spiro atoms. The van der Waals surface area contributed by atoms with Crippen molar-refractivity contribution in [1.82, 2.24) is 4.72 Å². The standard InChI is InChI=1S/C14H17NO4S/c16-14(17)11-6-10-2-1-3-12(10)13(7-11)20(18,19)15-8-9-4-5-9/h6-7,9,15H,1-5,8H2,(H,16,17). The average Bonchev–Trinajstić information content (AvgIpc) is 3.11. The fraction of sp³-hybridized carbons (Fsp3) is 0.500.